The third-order valence-electron chi connectivity index (χ3n) is 2.89. The molecule has 0 aliphatic heterocycles. The van der Waals surface area contributed by atoms with Gasteiger partial charge in [-0.25, -0.2) is 0 Å². The first-order valence-electron chi connectivity index (χ1n) is 6.00. The Morgan fingerprint density at radius 3 is 2.53 bits per heavy atom. The molecular weight excluding hydrogens is 285 g/mol. The van der Waals surface area contributed by atoms with Gasteiger partial charge in [0, 0.05) is 0 Å². The SMILES string of the molecule is CCN(C=C1CC=CC=[C]1[In]([CH3])[CH3])CC. The zero-order valence-corrected chi connectivity index (χ0v) is 13.8. The number of allylic oxidation sites excluding steroid dienone is 5. The molecule has 1 aliphatic carbocycles. The van der Waals surface area contributed by atoms with Crippen molar-refractivity contribution < 1.29 is 0 Å². The van der Waals surface area contributed by atoms with Crippen LogP contribution >= 0.6 is 0 Å². The summed E-state index contributed by atoms with van der Waals surface area (Å²) in [5.74, 6) is 0. The molecule has 1 aliphatic rings. The molecule has 0 heterocycles. The van der Waals surface area contributed by atoms with Crippen molar-refractivity contribution in [2.45, 2.75) is 29.6 Å². The molecule has 0 saturated carbocycles. The van der Waals surface area contributed by atoms with E-state index in [1.165, 1.54) is 0 Å². The van der Waals surface area contributed by atoms with Gasteiger partial charge in [0.05, 0.1) is 0 Å². The standard InChI is InChI=1S/C11H16N.2CH3.In/c1-3-12(4-2)10-11-8-6-5-7-9-11;;;/h5-7,10H,3-4,8H2,1-2H3;2*1H3;. The van der Waals surface area contributed by atoms with E-state index in [0.29, 0.717) is 0 Å². The van der Waals surface area contributed by atoms with Crippen LogP contribution in [0.1, 0.15) is 20.3 Å². The molecule has 0 saturated heterocycles. The van der Waals surface area contributed by atoms with Crippen molar-refractivity contribution in [1.82, 2.24) is 4.90 Å². The molecule has 0 radical (unpaired) electrons. The summed E-state index contributed by atoms with van der Waals surface area (Å²) in [5, 5.41) is 0. The van der Waals surface area contributed by atoms with Gasteiger partial charge in [-0.05, 0) is 0 Å². The van der Waals surface area contributed by atoms with E-state index in [1.807, 2.05) is 0 Å². The van der Waals surface area contributed by atoms with Gasteiger partial charge in [0.15, 0.2) is 0 Å². The molecule has 1 rings (SSSR count). The van der Waals surface area contributed by atoms with Gasteiger partial charge in [-0.2, -0.15) is 0 Å². The number of hydrogen-bond acceptors (Lipinski definition) is 1. The third kappa shape index (κ3) is 3.75. The van der Waals surface area contributed by atoms with Gasteiger partial charge < -0.3 is 0 Å². The van der Waals surface area contributed by atoms with E-state index in [9.17, 15) is 0 Å². The second-order valence-electron chi connectivity index (χ2n) is 4.28. The molecule has 15 heavy (non-hydrogen) atoms. The van der Waals surface area contributed by atoms with Crippen molar-refractivity contribution in [3.8, 4) is 0 Å². The Hall–Kier alpha value is -0.110. The summed E-state index contributed by atoms with van der Waals surface area (Å²) >= 11 is -1.34. The molecule has 0 fully saturated rings. The molecule has 0 bridgehead atoms. The Bertz CT molecular complexity index is 283. The Balaban J connectivity index is 2.84. The van der Waals surface area contributed by atoms with E-state index < -0.39 is 21.4 Å². The van der Waals surface area contributed by atoms with Crippen LogP contribution in [0, 0.1) is 0 Å². The van der Waals surface area contributed by atoms with Crippen molar-refractivity contribution >= 4 is 21.4 Å². The minimum absolute atomic E-state index is 1.12. The summed E-state index contributed by atoms with van der Waals surface area (Å²) in [5.41, 5.74) is 1.58. The molecule has 0 amide bonds. The van der Waals surface area contributed by atoms with Crippen molar-refractivity contribution in [2.75, 3.05) is 13.1 Å². The summed E-state index contributed by atoms with van der Waals surface area (Å²) in [4.78, 5) is 2.40. The zero-order valence-electron chi connectivity index (χ0n) is 10.5. The van der Waals surface area contributed by atoms with Gasteiger partial charge in [0.2, 0.25) is 0 Å². The summed E-state index contributed by atoms with van der Waals surface area (Å²) in [7, 11) is 0. The molecule has 0 atom stereocenters. The normalized spacial score (nSPS) is 17.9. The number of rotatable bonds is 4. The van der Waals surface area contributed by atoms with Crippen LogP contribution in [0.5, 0.6) is 0 Å². The predicted octanol–water partition coefficient (Wildman–Crippen LogP) is 3.39. The van der Waals surface area contributed by atoms with E-state index in [1.54, 1.807) is 8.90 Å². The van der Waals surface area contributed by atoms with E-state index in [0.717, 1.165) is 19.5 Å². The van der Waals surface area contributed by atoms with Gasteiger partial charge in [0.25, 0.3) is 0 Å². The summed E-state index contributed by atoms with van der Waals surface area (Å²) in [6.07, 6.45) is 10.4. The predicted molar refractivity (Wildman–Crippen MR) is 70.3 cm³/mol. The first kappa shape index (κ1) is 13.0. The molecule has 0 aromatic heterocycles. The van der Waals surface area contributed by atoms with Crippen molar-refractivity contribution in [2.24, 2.45) is 0 Å². The van der Waals surface area contributed by atoms with Crippen molar-refractivity contribution in [3.63, 3.8) is 0 Å². The van der Waals surface area contributed by atoms with Gasteiger partial charge in [-0.1, -0.05) is 0 Å². The van der Waals surface area contributed by atoms with E-state index in [2.05, 4.69) is 52.5 Å². The van der Waals surface area contributed by atoms with Gasteiger partial charge in [-0.15, -0.1) is 0 Å². The Labute approximate surface area is 102 Å². The molecule has 0 aromatic carbocycles. The molecule has 2 heteroatoms. The number of hydrogen-bond donors (Lipinski definition) is 0. The van der Waals surface area contributed by atoms with Crippen molar-refractivity contribution in [1.29, 1.82) is 0 Å². The van der Waals surface area contributed by atoms with Crippen molar-refractivity contribution in [3.05, 3.63) is 33.3 Å². The van der Waals surface area contributed by atoms with E-state index in [-0.39, 0.29) is 0 Å². The topological polar surface area (TPSA) is 3.24 Å². The van der Waals surface area contributed by atoms with E-state index >= 15 is 0 Å². The fourth-order valence-corrected chi connectivity index (χ4v) is 5.99. The maximum atomic E-state index is 2.47. The minimum atomic E-state index is -1.34. The summed E-state index contributed by atoms with van der Waals surface area (Å²) < 4.78 is 6.65. The molecule has 0 spiro atoms. The van der Waals surface area contributed by atoms with Crippen LogP contribution < -0.4 is 0 Å². The van der Waals surface area contributed by atoms with Crippen LogP contribution in [0.2, 0.25) is 9.36 Å². The quantitative estimate of drug-likeness (QED) is 0.769. The van der Waals surface area contributed by atoms with Gasteiger partial charge in [0.1, 0.15) is 0 Å². The zero-order chi connectivity index (χ0) is 11.3. The Morgan fingerprint density at radius 1 is 1.33 bits per heavy atom. The van der Waals surface area contributed by atoms with Crippen LogP contribution in [0.15, 0.2) is 33.3 Å². The maximum absolute atomic E-state index is 2.47. The molecule has 82 valence electrons. The second kappa shape index (κ2) is 6.47. The molecule has 0 unspecified atom stereocenters. The third-order valence-corrected chi connectivity index (χ3v) is 8.05. The van der Waals surface area contributed by atoms with Crippen LogP contribution in [0.4, 0.5) is 0 Å². The second-order valence-corrected chi connectivity index (χ2v) is 12.7. The first-order valence-corrected chi connectivity index (χ1v) is 14.2. The molecule has 1 nitrogen and oxygen atoms in total. The Morgan fingerprint density at radius 2 is 2.00 bits per heavy atom. The average Bonchev–Trinajstić information content (AvgIpc) is 2.26. The van der Waals surface area contributed by atoms with E-state index in [4.69, 9.17) is 0 Å². The fourth-order valence-electron chi connectivity index (χ4n) is 1.91. The summed E-state index contributed by atoms with van der Waals surface area (Å²) in [6, 6.07) is 0. The first-order chi connectivity index (χ1) is 7.19. The number of nitrogens with zero attached hydrogens (tertiary/aromatic N) is 1. The molecule has 0 N–H and O–H groups in total. The average molecular weight is 307 g/mol. The van der Waals surface area contributed by atoms with Crippen LogP contribution in [0.3, 0.4) is 0 Å². The van der Waals surface area contributed by atoms with Crippen LogP contribution in [-0.4, -0.2) is 39.4 Å². The monoisotopic (exact) mass is 307 g/mol. The Kier molecular flexibility index (Phi) is 5.59. The van der Waals surface area contributed by atoms with Gasteiger partial charge in [-0.3, -0.25) is 0 Å². The van der Waals surface area contributed by atoms with Crippen LogP contribution in [0.25, 0.3) is 0 Å². The molecule has 0 aromatic rings. The molecular formula is C13H22InN. The fraction of sp³-hybridized carbons (Fsp3) is 0.538. The summed E-state index contributed by atoms with van der Waals surface area (Å²) in [6.45, 7) is 6.68. The van der Waals surface area contributed by atoms with Crippen LogP contribution in [-0.2, 0) is 0 Å². The van der Waals surface area contributed by atoms with Gasteiger partial charge >= 0.3 is 102 Å².